The summed E-state index contributed by atoms with van der Waals surface area (Å²) in [5.74, 6) is 1.14. The smallest absolute Gasteiger partial charge is 0.161 e. The van der Waals surface area contributed by atoms with Crippen molar-refractivity contribution in [3.63, 3.8) is 0 Å². The third-order valence-corrected chi connectivity index (χ3v) is 3.03. The van der Waals surface area contributed by atoms with Crippen LogP contribution in [0.5, 0.6) is 0 Å². The third-order valence-electron chi connectivity index (χ3n) is 3.03. The Hall–Kier alpha value is -2.56. The lowest BCUT2D eigenvalue weighted by atomic mass is 10.1. The summed E-state index contributed by atoms with van der Waals surface area (Å²) in [7, 11) is 0. The van der Waals surface area contributed by atoms with E-state index < -0.39 is 0 Å². The molecule has 0 aliphatic heterocycles. The maximum Gasteiger partial charge on any atom is 0.161 e. The second-order valence-corrected chi connectivity index (χ2v) is 4.62. The fourth-order valence-electron chi connectivity index (χ4n) is 2.13. The molecule has 0 radical (unpaired) electrons. The van der Waals surface area contributed by atoms with Crippen LogP contribution in [0, 0.1) is 0 Å². The molecule has 0 atom stereocenters. The number of benzene rings is 1. The molecule has 1 aromatic carbocycles. The zero-order valence-electron chi connectivity index (χ0n) is 11.2. The number of rotatable bonds is 3. The van der Waals surface area contributed by atoms with Gasteiger partial charge in [-0.1, -0.05) is 13.3 Å². The van der Waals surface area contributed by atoms with E-state index in [4.69, 9.17) is 5.73 Å². The van der Waals surface area contributed by atoms with Crippen LogP contribution in [0.2, 0.25) is 0 Å². The Morgan fingerprint density at radius 2 is 1.80 bits per heavy atom. The van der Waals surface area contributed by atoms with E-state index in [1.807, 2.05) is 24.3 Å². The van der Waals surface area contributed by atoms with E-state index in [1.54, 1.807) is 12.4 Å². The lowest BCUT2D eigenvalue weighted by Crippen LogP contribution is -2.00. The summed E-state index contributed by atoms with van der Waals surface area (Å²) < 4.78 is 0. The highest BCUT2D eigenvalue weighted by Gasteiger charge is 2.07. The summed E-state index contributed by atoms with van der Waals surface area (Å²) in [4.78, 5) is 17.4. The lowest BCUT2D eigenvalue weighted by Gasteiger charge is -2.06. The Bertz CT molecular complexity index is 754. The second-order valence-electron chi connectivity index (χ2n) is 4.62. The molecule has 3 rings (SSSR count). The summed E-state index contributed by atoms with van der Waals surface area (Å²) in [6.45, 7) is 2.11. The van der Waals surface area contributed by atoms with Crippen LogP contribution in [0.25, 0.3) is 22.4 Å². The molecular weight excluding hydrogens is 250 g/mol. The minimum Gasteiger partial charge on any atom is -0.384 e. The first-order valence-corrected chi connectivity index (χ1v) is 6.61. The van der Waals surface area contributed by atoms with Gasteiger partial charge in [-0.3, -0.25) is 9.97 Å². The molecule has 0 fully saturated rings. The number of nitrogen functional groups attached to an aromatic ring is 1. The van der Waals surface area contributed by atoms with Gasteiger partial charge in [-0.05, 0) is 24.6 Å². The fourth-order valence-corrected chi connectivity index (χ4v) is 2.13. The van der Waals surface area contributed by atoms with Crippen molar-refractivity contribution in [2.24, 2.45) is 0 Å². The minimum atomic E-state index is 0.498. The quantitative estimate of drug-likeness (QED) is 0.787. The van der Waals surface area contributed by atoms with E-state index in [9.17, 15) is 0 Å². The van der Waals surface area contributed by atoms with Gasteiger partial charge in [-0.25, -0.2) is 9.97 Å². The maximum atomic E-state index is 5.86. The molecule has 0 saturated heterocycles. The molecule has 100 valence electrons. The first-order valence-electron chi connectivity index (χ1n) is 6.61. The van der Waals surface area contributed by atoms with Gasteiger partial charge in [0.2, 0.25) is 0 Å². The van der Waals surface area contributed by atoms with Crippen molar-refractivity contribution in [3.05, 3.63) is 42.4 Å². The van der Waals surface area contributed by atoms with Crippen molar-refractivity contribution in [1.82, 2.24) is 19.9 Å². The average molecular weight is 265 g/mol. The number of hydrogen-bond donors (Lipinski definition) is 1. The zero-order chi connectivity index (χ0) is 13.9. The largest absolute Gasteiger partial charge is 0.384 e. The average Bonchev–Trinajstić information content (AvgIpc) is 2.46. The van der Waals surface area contributed by atoms with Gasteiger partial charge >= 0.3 is 0 Å². The van der Waals surface area contributed by atoms with Crippen LogP contribution in [-0.4, -0.2) is 19.9 Å². The lowest BCUT2D eigenvalue weighted by molar-refractivity contribution is 0.877. The van der Waals surface area contributed by atoms with E-state index in [0.717, 1.165) is 35.1 Å². The molecule has 3 aromatic rings. The van der Waals surface area contributed by atoms with Crippen molar-refractivity contribution in [2.45, 2.75) is 19.8 Å². The van der Waals surface area contributed by atoms with E-state index in [1.165, 1.54) is 0 Å². The Balaban J connectivity index is 2.10. The van der Waals surface area contributed by atoms with Gasteiger partial charge in [-0.2, -0.15) is 0 Å². The fraction of sp³-hybridized carbons (Fsp3) is 0.200. The molecule has 2 aromatic heterocycles. The minimum absolute atomic E-state index is 0.498. The summed E-state index contributed by atoms with van der Waals surface area (Å²) in [6, 6.07) is 7.63. The van der Waals surface area contributed by atoms with Crippen LogP contribution in [-0.2, 0) is 6.42 Å². The van der Waals surface area contributed by atoms with Crippen LogP contribution in [0.1, 0.15) is 19.0 Å². The number of anilines is 1. The zero-order valence-corrected chi connectivity index (χ0v) is 11.2. The molecule has 0 unspecified atom stereocenters. The highest BCUT2D eigenvalue weighted by Crippen LogP contribution is 2.21. The van der Waals surface area contributed by atoms with Crippen molar-refractivity contribution < 1.29 is 0 Å². The van der Waals surface area contributed by atoms with Gasteiger partial charge in [0.1, 0.15) is 5.82 Å². The molecule has 2 heterocycles. The Kier molecular flexibility index (Phi) is 3.25. The van der Waals surface area contributed by atoms with Gasteiger partial charge in [0, 0.05) is 29.7 Å². The van der Waals surface area contributed by atoms with Crippen LogP contribution >= 0.6 is 0 Å². The van der Waals surface area contributed by atoms with Crippen LogP contribution in [0.15, 0.2) is 36.7 Å². The Morgan fingerprint density at radius 3 is 2.60 bits per heavy atom. The molecule has 0 aliphatic rings. The van der Waals surface area contributed by atoms with Crippen LogP contribution in [0.4, 0.5) is 5.82 Å². The molecule has 20 heavy (non-hydrogen) atoms. The van der Waals surface area contributed by atoms with Gasteiger partial charge in [0.25, 0.3) is 0 Å². The Morgan fingerprint density at radius 1 is 1.00 bits per heavy atom. The van der Waals surface area contributed by atoms with E-state index >= 15 is 0 Å². The van der Waals surface area contributed by atoms with Crippen LogP contribution in [0.3, 0.4) is 0 Å². The number of fused-ring (bicyclic) bond motifs is 1. The molecular formula is C15H15N5. The predicted molar refractivity (Wildman–Crippen MR) is 79.0 cm³/mol. The normalized spacial score (nSPS) is 10.8. The molecule has 0 aliphatic carbocycles. The molecule has 5 heteroatoms. The number of aromatic nitrogens is 4. The number of aryl methyl sites for hydroxylation is 1. The maximum absolute atomic E-state index is 5.86. The predicted octanol–water partition coefficient (Wildman–Crippen LogP) is 2.62. The third kappa shape index (κ3) is 2.42. The highest BCUT2D eigenvalue weighted by atomic mass is 14.9. The monoisotopic (exact) mass is 265 g/mol. The number of hydrogen-bond acceptors (Lipinski definition) is 5. The summed E-state index contributed by atoms with van der Waals surface area (Å²) in [5.41, 5.74) is 9.42. The molecule has 0 amide bonds. The Labute approximate surface area is 116 Å². The summed E-state index contributed by atoms with van der Waals surface area (Å²) in [6.07, 6.45) is 5.28. The second kappa shape index (κ2) is 5.21. The van der Waals surface area contributed by atoms with Crippen molar-refractivity contribution in [1.29, 1.82) is 0 Å². The molecule has 0 spiro atoms. The van der Waals surface area contributed by atoms with Crippen molar-refractivity contribution in [3.8, 4) is 11.4 Å². The number of nitrogens with zero attached hydrogens (tertiary/aromatic N) is 4. The molecule has 0 bridgehead atoms. The summed E-state index contributed by atoms with van der Waals surface area (Å²) >= 11 is 0. The first-order chi connectivity index (χ1) is 9.76. The standard InChI is InChI=1S/C15H15N5/c1-2-3-11-9-14(16)20-15(19-11)10-4-5-12-13(8-10)18-7-6-17-12/h4-9H,2-3H2,1H3,(H2,16,19,20). The van der Waals surface area contributed by atoms with Gasteiger partial charge < -0.3 is 5.73 Å². The van der Waals surface area contributed by atoms with E-state index in [2.05, 4.69) is 26.9 Å². The highest BCUT2D eigenvalue weighted by molar-refractivity contribution is 5.79. The SMILES string of the molecule is CCCc1cc(N)nc(-c2ccc3nccnc3c2)n1. The van der Waals surface area contributed by atoms with Crippen molar-refractivity contribution >= 4 is 16.9 Å². The molecule has 0 saturated carbocycles. The van der Waals surface area contributed by atoms with Gasteiger partial charge in [0.05, 0.1) is 11.0 Å². The molecule has 2 N–H and O–H groups in total. The van der Waals surface area contributed by atoms with Gasteiger partial charge in [0.15, 0.2) is 5.82 Å². The summed E-state index contributed by atoms with van der Waals surface area (Å²) in [5, 5.41) is 0. The first kappa shape index (κ1) is 12.5. The molecule has 5 nitrogen and oxygen atoms in total. The topological polar surface area (TPSA) is 77.6 Å². The number of nitrogens with two attached hydrogens (primary N) is 1. The van der Waals surface area contributed by atoms with Crippen molar-refractivity contribution in [2.75, 3.05) is 5.73 Å². The van der Waals surface area contributed by atoms with Gasteiger partial charge in [-0.15, -0.1) is 0 Å². The van der Waals surface area contributed by atoms with E-state index in [-0.39, 0.29) is 0 Å². The van der Waals surface area contributed by atoms with E-state index in [0.29, 0.717) is 11.6 Å². The van der Waals surface area contributed by atoms with Crippen LogP contribution < -0.4 is 5.73 Å².